The molecule has 0 nitrogen and oxygen atoms in total. The van der Waals surface area contributed by atoms with Gasteiger partial charge in [0.25, 0.3) is 0 Å². The van der Waals surface area contributed by atoms with E-state index < -0.39 is 0 Å². The predicted octanol–water partition coefficient (Wildman–Crippen LogP) is 5.73. The van der Waals surface area contributed by atoms with Crippen LogP contribution >= 0.6 is 0 Å². The molecule has 0 aliphatic heterocycles. The van der Waals surface area contributed by atoms with Gasteiger partial charge in [-0.15, -0.1) is 12.8 Å². The van der Waals surface area contributed by atoms with Gasteiger partial charge in [0, 0.05) is 0 Å². The third kappa shape index (κ3) is 11.0. The van der Waals surface area contributed by atoms with Crippen molar-refractivity contribution in [3.8, 4) is 0 Å². The van der Waals surface area contributed by atoms with Gasteiger partial charge < -0.3 is 0 Å². The van der Waals surface area contributed by atoms with Crippen molar-refractivity contribution in [3.63, 3.8) is 0 Å². The van der Waals surface area contributed by atoms with Gasteiger partial charge in [0.2, 0.25) is 0 Å². The summed E-state index contributed by atoms with van der Waals surface area (Å²) in [6.45, 7) is 2.27. The zero-order valence-corrected chi connectivity index (χ0v) is 13.2. The maximum Gasteiger partial charge on any atom is 2.00 e. The Bertz CT molecular complexity index is 298. The van der Waals surface area contributed by atoms with E-state index in [-0.39, 0.29) is 17.1 Å². The van der Waals surface area contributed by atoms with Crippen molar-refractivity contribution in [2.24, 2.45) is 0 Å². The zero-order valence-electron chi connectivity index (χ0n) is 12.1. The van der Waals surface area contributed by atoms with Crippen LogP contribution in [0.5, 0.6) is 0 Å². The second-order valence-corrected chi connectivity index (χ2v) is 4.83. The van der Waals surface area contributed by atoms with Crippen molar-refractivity contribution in [1.82, 2.24) is 0 Å². The van der Waals surface area contributed by atoms with Gasteiger partial charge in [-0.2, -0.15) is 12.2 Å². The Morgan fingerprint density at radius 1 is 1.00 bits per heavy atom. The van der Waals surface area contributed by atoms with Crippen LogP contribution in [0, 0.1) is 12.2 Å². The standard InChI is InChI=1S/C13H21.C5H5.Fe/c1-2-3-4-5-6-7-10-13-11-8-9-12-13;1-2-4-5-3-1;/h8,11H,2-7,9-10H2,1H3;1-3H,4H2;/q2*-1;+2. The van der Waals surface area contributed by atoms with Crippen LogP contribution in [0.4, 0.5) is 0 Å². The fourth-order valence-electron chi connectivity index (χ4n) is 2.06. The van der Waals surface area contributed by atoms with Gasteiger partial charge in [0.1, 0.15) is 0 Å². The Balaban J connectivity index is 0.000000454. The molecular formula is C18H26Fe. The Labute approximate surface area is 130 Å². The number of hydrogen-bond acceptors (Lipinski definition) is 0. The predicted molar refractivity (Wildman–Crippen MR) is 80.1 cm³/mol. The molecule has 2 aliphatic carbocycles. The van der Waals surface area contributed by atoms with Crippen LogP contribution in [-0.2, 0) is 17.1 Å². The minimum Gasteiger partial charge on any atom is -0.273 e. The largest absolute Gasteiger partial charge is 2.00 e. The van der Waals surface area contributed by atoms with E-state index in [1.165, 1.54) is 50.5 Å². The van der Waals surface area contributed by atoms with E-state index in [0.717, 1.165) is 12.8 Å². The van der Waals surface area contributed by atoms with Crippen LogP contribution in [0.25, 0.3) is 0 Å². The van der Waals surface area contributed by atoms with E-state index in [1.54, 1.807) is 0 Å². The first-order chi connectivity index (χ1) is 8.93. The van der Waals surface area contributed by atoms with Crippen LogP contribution in [0.1, 0.15) is 64.7 Å². The topological polar surface area (TPSA) is 0 Å². The molecule has 0 bridgehead atoms. The van der Waals surface area contributed by atoms with Gasteiger partial charge in [-0.1, -0.05) is 51.9 Å². The maximum absolute atomic E-state index is 3.36. The molecule has 2 rings (SSSR count). The van der Waals surface area contributed by atoms with Gasteiger partial charge in [-0.25, -0.2) is 23.8 Å². The molecule has 0 spiro atoms. The molecule has 0 fully saturated rings. The summed E-state index contributed by atoms with van der Waals surface area (Å²) < 4.78 is 0. The van der Waals surface area contributed by atoms with Crippen molar-refractivity contribution in [2.45, 2.75) is 64.7 Å². The Morgan fingerprint density at radius 3 is 2.32 bits per heavy atom. The molecule has 0 saturated carbocycles. The third-order valence-corrected chi connectivity index (χ3v) is 3.15. The van der Waals surface area contributed by atoms with Crippen molar-refractivity contribution in [2.75, 3.05) is 0 Å². The van der Waals surface area contributed by atoms with Crippen molar-refractivity contribution >= 4 is 0 Å². The smallest absolute Gasteiger partial charge is 0.273 e. The number of allylic oxidation sites excluding steroid dienone is 8. The normalized spacial score (nSPS) is 14.9. The summed E-state index contributed by atoms with van der Waals surface area (Å²) in [5.74, 6) is 0. The molecule has 0 unspecified atom stereocenters. The SMILES string of the molecule is CCCCCCCCC1=[C-]CC=C1.[C-]1=CC=CC1.[Fe+2]. The number of rotatable bonds is 7. The van der Waals surface area contributed by atoms with Crippen LogP contribution in [0.3, 0.4) is 0 Å². The monoisotopic (exact) mass is 298 g/mol. The molecule has 0 aromatic rings. The number of unbranched alkanes of at least 4 members (excludes halogenated alkanes) is 5. The van der Waals surface area contributed by atoms with E-state index in [0.29, 0.717) is 0 Å². The van der Waals surface area contributed by atoms with Crippen LogP contribution in [0.2, 0.25) is 0 Å². The van der Waals surface area contributed by atoms with Gasteiger partial charge in [0.05, 0.1) is 0 Å². The van der Waals surface area contributed by atoms with E-state index >= 15 is 0 Å². The average molecular weight is 298 g/mol. The molecule has 106 valence electrons. The summed E-state index contributed by atoms with van der Waals surface area (Å²) in [6, 6.07) is 0. The molecule has 0 aromatic carbocycles. The Morgan fingerprint density at radius 2 is 1.79 bits per heavy atom. The Hall–Kier alpha value is -0.521. The van der Waals surface area contributed by atoms with Crippen molar-refractivity contribution < 1.29 is 17.1 Å². The first kappa shape index (κ1) is 18.5. The summed E-state index contributed by atoms with van der Waals surface area (Å²) in [6.07, 6.45) is 28.5. The second-order valence-electron chi connectivity index (χ2n) is 4.83. The first-order valence-corrected chi connectivity index (χ1v) is 7.41. The van der Waals surface area contributed by atoms with Crippen LogP contribution in [0.15, 0.2) is 36.0 Å². The van der Waals surface area contributed by atoms with E-state index in [4.69, 9.17) is 0 Å². The average Bonchev–Trinajstić information content (AvgIpc) is 3.07. The fourth-order valence-corrected chi connectivity index (χ4v) is 2.06. The molecule has 0 aromatic heterocycles. The van der Waals surface area contributed by atoms with E-state index in [1.807, 2.05) is 12.2 Å². The summed E-state index contributed by atoms with van der Waals surface area (Å²) >= 11 is 0. The summed E-state index contributed by atoms with van der Waals surface area (Å²) in [5.41, 5.74) is 1.44. The molecule has 0 heterocycles. The number of hydrogen-bond donors (Lipinski definition) is 0. The molecule has 0 saturated heterocycles. The van der Waals surface area contributed by atoms with E-state index in [9.17, 15) is 0 Å². The molecule has 0 N–H and O–H groups in total. The second kappa shape index (κ2) is 13.9. The van der Waals surface area contributed by atoms with Crippen molar-refractivity contribution in [1.29, 1.82) is 0 Å². The van der Waals surface area contributed by atoms with E-state index in [2.05, 4.69) is 37.3 Å². The molecule has 0 amide bonds. The van der Waals surface area contributed by atoms with Crippen LogP contribution < -0.4 is 0 Å². The molecule has 19 heavy (non-hydrogen) atoms. The Kier molecular flexibility index (Phi) is 13.5. The first-order valence-electron chi connectivity index (χ1n) is 7.41. The summed E-state index contributed by atoms with van der Waals surface area (Å²) in [7, 11) is 0. The van der Waals surface area contributed by atoms with Crippen molar-refractivity contribution in [3.05, 3.63) is 48.1 Å². The minimum absolute atomic E-state index is 0. The zero-order chi connectivity index (χ0) is 12.9. The summed E-state index contributed by atoms with van der Waals surface area (Å²) in [4.78, 5) is 0. The third-order valence-electron chi connectivity index (χ3n) is 3.15. The quantitative estimate of drug-likeness (QED) is 0.320. The molecule has 1 heteroatoms. The molecule has 0 radical (unpaired) electrons. The van der Waals surface area contributed by atoms with Gasteiger partial charge in [0.15, 0.2) is 0 Å². The van der Waals surface area contributed by atoms with Gasteiger partial charge in [-0.3, -0.25) is 12.2 Å². The fraction of sp³-hybridized carbons (Fsp3) is 0.556. The molecule has 0 atom stereocenters. The van der Waals surface area contributed by atoms with Gasteiger partial charge >= 0.3 is 17.1 Å². The summed E-state index contributed by atoms with van der Waals surface area (Å²) in [5, 5.41) is 0. The molecular weight excluding hydrogens is 272 g/mol. The van der Waals surface area contributed by atoms with Crippen LogP contribution in [-0.4, -0.2) is 0 Å². The maximum atomic E-state index is 3.36. The minimum atomic E-state index is 0. The molecule has 2 aliphatic rings. The van der Waals surface area contributed by atoms with Gasteiger partial charge in [-0.05, 0) is 0 Å².